The van der Waals surface area contributed by atoms with Gasteiger partial charge in [0.2, 0.25) is 11.7 Å². The van der Waals surface area contributed by atoms with Crippen molar-refractivity contribution in [2.24, 2.45) is 0 Å². The zero-order valence-electron chi connectivity index (χ0n) is 16.2. The first-order valence-corrected chi connectivity index (χ1v) is 10.2. The number of hydrogen-bond donors (Lipinski definition) is 0. The van der Waals surface area contributed by atoms with E-state index in [1.54, 1.807) is 4.57 Å². The predicted octanol–water partition coefficient (Wildman–Crippen LogP) is 2.80. The molecule has 1 aromatic carbocycles. The van der Waals surface area contributed by atoms with Crippen LogP contribution in [-0.4, -0.2) is 48.3 Å². The van der Waals surface area contributed by atoms with Gasteiger partial charge >= 0.3 is 0 Å². The summed E-state index contributed by atoms with van der Waals surface area (Å²) in [6.07, 6.45) is 0.820. The monoisotopic (exact) mass is 387 g/mol. The Morgan fingerprint density at radius 2 is 1.89 bits per heavy atom. The highest BCUT2D eigenvalue weighted by molar-refractivity contribution is 8.00. The first-order valence-electron chi connectivity index (χ1n) is 9.35. The molecule has 3 aromatic rings. The van der Waals surface area contributed by atoms with Crippen LogP contribution in [0.4, 0.5) is 0 Å². The smallest absolute Gasteiger partial charge is 0.262 e. The maximum atomic E-state index is 12.9. The molecular weight excluding hydrogens is 362 g/mol. The normalized spacial score (nSPS) is 12.6. The molecule has 0 fully saturated rings. The third kappa shape index (κ3) is 3.45. The highest BCUT2D eigenvalue weighted by Crippen LogP contribution is 2.26. The van der Waals surface area contributed by atoms with Crippen molar-refractivity contribution < 1.29 is 4.79 Å². The van der Waals surface area contributed by atoms with E-state index in [0.29, 0.717) is 36.0 Å². The minimum atomic E-state index is -0.289. The van der Waals surface area contributed by atoms with E-state index in [4.69, 9.17) is 0 Å². The number of fused-ring (bicyclic) bond motifs is 3. The van der Waals surface area contributed by atoms with E-state index in [2.05, 4.69) is 10.2 Å². The topological polar surface area (TPSA) is 72.5 Å². The van der Waals surface area contributed by atoms with Gasteiger partial charge in [0, 0.05) is 19.6 Å². The van der Waals surface area contributed by atoms with Gasteiger partial charge in [0.05, 0.1) is 16.2 Å². The molecule has 2 heterocycles. The molecule has 0 bridgehead atoms. The molecule has 2 aromatic heterocycles. The van der Waals surface area contributed by atoms with Gasteiger partial charge in [-0.15, -0.1) is 10.2 Å². The molecule has 0 aliphatic heterocycles. The molecule has 1 amide bonds. The zero-order valence-corrected chi connectivity index (χ0v) is 17.0. The standard InChI is InChI=1S/C19H25N5O2S/c1-5-12-23-17(26)14-10-8-9-11-15(14)24-18(23)20-21-19(24)27-13(4)16(25)22(6-2)7-3/h8-11,13H,5-7,12H2,1-4H3. The zero-order chi connectivity index (χ0) is 19.6. The fraction of sp³-hybridized carbons (Fsp3) is 0.474. The third-order valence-corrected chi connectivity index (χ3v) is 5.66. The largest absolute Gasteiger partial charge is 0.342 e. The van der Waals surface area contributed by atoms with Crippen molar-refractivity contribution in [2.75, 3.05) is 13.1 Å². The average Bonchev–Trinajstić information content (AvgIpc) is 3.09. The third-order valence-electron chi connectivity index (χ3n) is 4.63. The molecule has 27 heavy (non-hydrogen) atoms. The van der Waals surface area contributed by atoms with Gasteiger partial charge in [0.25, 0.3) is 5.56 Å². The fourth-order valence-electron chi connectivity index (χ4n) is 3.24. The SMILES string of the molecule is CCCn1c(=O)c2ccccc2n2c(SC(C)C(=O)N(CC)CC)nnc12. The number of nitrogens with zero attached hydrogens (tertiary/aromatic N) is 5. The predicted molar refractivity (Wildman–Crippen MR) is 108 cm³/mol. The number of hydrogen-bond acceptors (Lipinski definition) is 5. The van der Waals surface area contributed by atoms with Gasteiger partial charge < -0.3 is 4.90 Å². The summed E-state index contributed by atoms with van der Waals surface area (Å²) < 4.78 is 3.55. The molecule has 0 saturated carbocycles. The Bertz CT molecular complexity index is 1020. The Kier molecular flexibility index (Phi) is 5.84. The Hall–Kier alpha value is -2.35. The van der Waals surface area contributed by atoms with Crippen LogP contribution in [0.15, 0.2) is 34.2 Å². The highest BCUT2D eigenvalue weighted by Gasteiger charge is 2.23. The van der Waals surface area contributed by atoms with E-state index in [0.717, 1.165) is 11.9 Å². The Morgan fingerprint density at radius 3 is 2.56 bits per heavy atom. The Balaban J connectivity index is 2.13. The number of carbonyl (C=O) groups excluding carboxylic acids is 1. The van der Waals surface area contributed by atoms with Crippen LogP contribution in [0.3, 0.4) is 0 Å². The summed E-state index contributed by atoms with van der Waals surface area (Å²) >= 11 is 1.38. The molecule has 1 atom stereocenters. The molecule has 7 nitrogen and oxygen atoms in total. The fourth-order valence-corrected chi connectivity index (χ4v) is 4.18. The van der Waals surface area contributed by atoms with Crippen LogP contribution in [0.25, 0.3) is 16.7 Å². The summed E-state index contributed by atoms with van der Waals surface area (Å²) in [4.78, 5) is 27.3. The van der Waals surface area contributed by atoms with Crippen molar-refractivity contribution in [2.45, 2.75) is 51.1 Å². The summed E-state index contributed by atoms with van der Waals surface area (Å²) in [7, 11) is 0. The van der Waals surface area contributed by atoms with Crippen LogP contribution < -0.4 is 5.56 Å². The van der Waals surface area contributed by atoms with Crippen molar-refractivity contribution in [3.05, 3.63) is 34.6 Å². The number of aromatic nitrogens is 4. The molecule has 0 aliphatic carbocycles. The van der Waals surface area contributed by atoms with Crippen molar-refractivity contribution in [3.63, 3.8) is 0 Å². The molecule has 3 rings (SSSR count). The number of aryl methyl sites for hydroxylation is 1. The van der Waals surface area contributed by atoms with Crippen LogP contribution in [0.1, 0.15) is 34.1 Å². The summed E-state index contributed by atoms with van der Waals surface area (Å²) in [6, 6.07) is 7.46. The molecule has 8 heteroatoms. The van der Waals surface area contributed by atoms with Gasteiger partial charge in [-0.05, 0) is 39.3 Å². The first kappa shape index (κ1) is 19.4. The number of para-hydroxylation sites is 1. The van der Waals surface area contributed by atoms with Crippen molar-refractivity contribution in [1.82, 2.24) is 24.1 Å². The van der Waals surface area contributed by atoms with E-state index in [1.807, 2.05) is 61.3 Å². The van der Waals surface area contributed by atoms with E-state index in [9.17, 15) is 9.59 Å². The van der Waals surface area contributed by atoms with Crippen LogP contribution in [0, 0.1) is 0 Å². The lowest BCUT2D eigenvalue weighted by molar-refractivity contribution is -0.129. The van der Waals surface area contributed by atoms with Gasteiger partial charge in [-0.25, -0.2) is 0 Å². The van der Waals surface area contributed by atoms with Crippen LogP contribution in [0.5, 0.6) is 0 Å². The number of benzene rings is 1. The molecule has 144 valence electrons. The number of amides is 1. The van der Waals surface area contributed by atoms with Gasteiger partial charge in [-0.3, -0.25) is 18.6 Å². The maximum absolute atomic E-state index is 12.9. The summed E-state index contributed by atoms with van der Waals surface area (Å²) in [5.41, 5.74) is 0.705. The number of carbonyl (C=O) groups is 1. The molecule has 0 N–H and O–H groups in total. The highest BCUT2D eigenvalue weighted by atomic mass is 32.2. The second-order valence-corrected chi connectivity index (χ2v) is 7.67. The van der Waals surface area contributed by atoms with E-state index in [1.165, 1.54) is 11.8 Å². The lowest BCUT2D eigenvalue weighted by atomic mass is 10.2. The van der Waals surface area contributed by atoms with Crippen LogP contribution in [0.2, 0.25) is 0 Å². The molecule has 0 aliphatic rings. The minimum Gasteiger partial charge on any atom is -0.342 e. The lowest BCUT2D eigenvalue weighted by Gasteiger charge is -2.22. The van der Waals surface area contributed by atoms with Crippen molar-refractivity contribution in [1.29, 1.82) is 0 Å². The first-order chi connectivity index (χ1) is 13.0. The lowest BCUT2D eigenvalue weighted by Crippen LogP contribution is -2.36. The Morgan fingerprint density at radius 1 is 1.19 bits per heavy atom. The molecule has 0 radical (unpaired) electrons. The van der Waals surface area contributed by atoms with Crippen LogP contribution >= 0.6 is 11.8 Å². The van der Waals surface area contributed by atoms with E-state index < -0.39 is 0 Å². The summed E-state index contributed by atoms with van der Waals surface area (Å²) in [5, 5.41) is 9.55. The average molecular weight is 388 g/mol. The molecule has 0 spiro atoms. The van der Waals surface area contributed by atoms with E-state index in [-0.39, 0.29) is 16.7 Å². The summed E-state index contributed by atoms with van der Waals surface area (Å²) in [5.74, 6) is 0.596. The molecular formula is C19H25N5O2S. The van der Waals surface area contributed by atoms with Crippen molar-refractivity contribution in [3.8, 4) is 0 Å². The number of rotatable bonds is 7. The second-order valence-electron chi connectivity index (χ2n) is 6.36. The Labute approximate surface area is 162 Å². The van der Waals surface area contributed by atoms with Gasteiger partial charge in [-0.1, -0.05) is 30.8 Å². The van der Waals surface area contributed by atoms with E-state index >= 15 is 0 Å². The number of thioether (sulfide) groups is 1. The second kappa shape index (κ2) is 8.12. The quantitative estimate of drug-likeness (QED) is 0.583. The summed E-state index contributed by atoms with van der Waals surface area (Å²) in [6.45, 7) is 9.79. The minimum absolute atomic E-state index is 0.0591. The van der Waals surface area contributed by atoms with Gasteiger partial charge in [0.15, 0.2) is 5.16 Å². The maximum Gasteiger partial charge on any atom is 0.262 e. The molecule has 0 saturated heterocycles. The molecule has 1 unspecified atom stereocenters. The van der Waals surface area contributed by atoms with Crippen molar-refractivity contribution >= 4 is 34.3 Å². The van der Waals surface area contributed by atoms with Gasteiger partial charge in [0.1, 0.15) is 0 Å². The van der Waals surface area contributed by atoms with Gasteiger partial charge in [-0.2, -0.15) is 0 Å². The van der Waals surface area contributed by atoms with Crippen LogP contribution in [-0.2, 0) is 11.3 Å².